The topological polar surface area (TPSA) is 46.9 Å². The quantitative estimate of drug-likeness (QED) is 0.329. The molecule has 0 aromatic rings. The molecule has 0 spiro atoms. The van der Waals surface area contributed by atoms with Crippen LogP contribution in [0.5, 0.6) is 0 Å². The molecule has 1 aliphatic heterocycles. The Morgan fingerprint density at radius 2 is 1.76 bits per heavy atom. The van der Waals surface area contributed by atoms with Gasteiger partial charge in [-0.05, 0) is 98.9 Å². The molecule has 1 unspecified atom stereocenters. The predicted molar refractivity (Wildman–Crippen MR) is 160 cm³/mol. The fraction of sp³-hybridized carbons (Fsp3) is 0.471. The van der Waals surface area contributed by atoms with Gasteiger partial charge in [0.2, 0.25) is 0 Å². The molecule has 204 valence electrons. The Balaban J connectivity index is 1.65. The summed E-state index contributed by atoms with van der Waals surface area (Å²) in [5.41, 5.74) is 5.86. The Hall–Kier alpha value is -2.66. The van der Waals surface area contributed by atoms with Crippen LogP contribution in [0.4, 0.5) is 0 Å². The Bertz CT molecular complexity index is 1090. The highest BCUT2D eigenvalue weighted by Gasteiger charge is 2.28. The standard InChI is InChI=1S/C34H46N2O2/c1-3-10-27(4-2)33(17-8-26-37)34(29-12-6-16-32(38)21-19-29)28-11-5-13-31(20-18-28)36-23-9-22-35(24-25-36)30-14-7-15-30/h3-5,10-13,16,18-21,30-31,37-38H,6-9,14-15,17,22-26H2,1-2H3/b10-3-,27-4+,34-33+. The fourth-order valence-electron chi connectivity index (χ4n) is 5.92. The van der Waals surface area contributed by atoms with Gasteiger partial charge in [0.15, 0.2) is 0 Å². The summed E-state index contributed by atoms with van der Waals surface area (Å²) in [5.74, 6) is 0.301. The normalized spacial score (nSPS) is 24.8. The fourth-order valence-corrected chi connectivity index (χ4v) is 5.92. The van der Waals surface area contributed by atoms with Gasteiger partial charge in [-0.1, -0.05) is 67.2 Å². The van der Waals surface area contributed by atoms with E-state index in [2.05, 4.69) is 71.4 Å². The molecule has 4 heteroatoms. The van der Waals surface area contributed by atoms with E-state index in [1.807, 2.05) is 19.1 Å². The lowest BCUT2D eigenvalue weighted by molar-refractivity contribution is 0.130. The van der Waals surface area contributed by atoms with Gasteiger partial charge in [0.25, 0.3) is 0 Å². The number of aliphatic hydroxyl groups is 2. The predicted octanol–water partition coefficient (Wildman–Crippen LogP) is 6.89. The molecule has 0 bridgehead atoms. The van der Waals surface area contributed by atoms with Crippen molar-refractivity contribution < 1.29 is 10.2 Å². The van der Waals surface area contributed by atoms with Crippen LogP contribution in [0, 0.1) is 0 Å². The Morgan fingerprint density at radius 1 is 0.947 bits per heavy atom. The first-order valence-electron chi connectivity index (χ1n) is 14.6. The monoisotopic (exact) mass is 514 g/mol. The average Bonchev–Trinajstić information content (AvgIpc) is 3.36. The van der Waals surface area contributed by atoms with Crippen LogP contribution in [-0.2, 0) is 0 Å². The molecule has 4 nitrogen and oxygen atoms in total. The van der Waals surface area contributed by atoms with Crippen LogP contribution in [0.1, 0.15) is 58.8 Å². The van der Waals surface area contributed by atoms with E-state index >= 15 is 0 Å². The zero-order valence-corrected chi connectivity index (χ0v) is 23.4. The summed E-state index contributed by atoms with van der Waals surface area (Å²) in [4.78, 5) is 5.35. The van der Waals surface area contributed by atoms with Gasteiger partial charge in [-0.3, -0.25) is 9.80 Å². The molecule has 38 heavy (non-hydrogen) atoms. The molecule has 2 N–H and O–H groups in total. The second-order valence-electron chi connectivity index (χ2n) is 10.6. The molecule has 3 aliphatic carbocycles. The van der Waals surface area contributed by atoms with E-state index in [1.54, 1.807) is 6.08 Å². The third-order valence-electron chi connectivity index (χ3n) is 8.20. The minimum atomic E-state index is 0.157. The minimum absolute atomic E-state index is 0.157. The molecule has 0 aromatic heterocycles. The molecule has 4 aliphatic rings. The molecule has 1 saturated heterocycles. The highest BCUT2D eigenvalue weighted by atomic mass is 16.3. The molecular weight excluding hydrogens is 468 g/mol. The van der Waals surface area contributed by atoms with Gasteiger partial charge in [-0.2, -0.15) is 0 Å². The lowest BCUT2D eigenvalue weighted by Crippen LogP contribution is -2.43. The van der Waals surface area contributed by atoms with Crippen molar-refractivity contribution in [1.29, 1.82) is 0 Å². The van der Waals surface area contributed by atoms with Crippen molar-refractivity contribution in [3.05, 3.63) is 107 Å². The Kier molecular flexibility index (Phi) is 10.8. The maximum atomic E-state index is 10.2. The first kappa shape index (κ1) is 28.4. The van der Waals surface area contributed by atoms with Gasteiger partial charge in [0.1, 0.15) is 5.76 Å². The molecular formula is C34H46N2O2. The number of aliphatic hydroxyl groups excluding tert-OH is 2. The van der Waals surface area contributed by atoms with Crippen molar-refractivity contribution in [2.45, 2.75) is 70.9 Å². The van der Waals surface area contributed by atoms with Gasteiger partial charge in [0, 0.05) is 38.3 Å². The molecule has 4 rings (SSSR count). The summed E-state index contributed by atoms with van der Waals surface area (Å²) in [6.07, 6.45) is 33.3. The summed E-state index contributed by atoms with van der Waals surface area (Å²) >= 11 is 0. The SMILES string of the molecule is C\C=C/C(=C\C)C(/CCCO)=C(\C1=CC=CC(N2CCCN(C3CCC3)CC2)C=C1)C1=CCC=C(O)C=C1. The van der Waals surface area contributed by atoms with Crippen LogP contribution < -0.4 is 0 Å². The first-order valence-corrected chi connectivity index (χ1v) is 14.6. The average molecular weight is 515 g/mol. The number of hydrogen-bond donors (Lipinski definition) is 2. The third kappa shape index (κ3) is 7.25. The smallest absolute Gasteiger partial charge is 0.111 e. The summed E-state index contributed by atoms with van der Waals surface area (Å²) in [5, 5.41) is 19.9. The summed E-state index contributed by atoms with van der Waals surface area (Å²) in [7, 11) is 0. The summed E-state index contributed by atoms with van der Waals surface area (Å²) in [6, 6.07) is 1.11. The molecule has 0 aromatic carbocycles. The highest BCUT2D eigenvalue weighted by molar-refractivity contribution is 5.64. The zero-order valence-electron chi connectivity index (χ0n) is 23.4. The maximum Gasteiger partial charge on any atom is 0.111 e. The van der Waals surface area contributed by atoms with Crippen LogP contribution in [-0.4, -0.2) is 64.9 Å². The van der Waals surface area contributed by atoms with Crippen LogP contribution in [0.3, 0.4) is 0 Å². The number of hydrogen-bond acceptors (Lipinski definition) is 4. The van der Waals surface area contributed by atoms with Gasteiger partial charge in [-0.15, -0.1) is 0 Å². The van der Waals surface area contributed by atoms with E-state index in [0.717, 1.165) is 31.1 Å². The van der Waals surface area contributed by atoms with Crippen LogP contribution in [0.2, 0.25) is 0 Å². The highest BCUT2D eigenvalue weighted by Crippen LogP contribution is 2.35. The van der Waals surface area contributed by atoms with Crippen molar-refractivity contribution in [3.63, 3.8) is 0 Å². The molecule has 0 amide bonds. The van der Waals surface area contributed by atoms with E-state index in [9.17, 15) is 10.2 Å². The van der Waals surface area contributed by atoms with Crippen molar-refractivity contribution in [3.8, 4) is 0 Å². The van der Waals surface area contributed by atoms with Gasteiger partial charge in [-0.25, -0.2) is 0 Å². The van der Waals surface area contributed by atoms with Crippen LogP contribution in [0.25, 0.3) is 0 Å². The van der Waals surface area contributed by atoms with E-state index in [1.165, 1.54) is 61.1 Å². The van der Waals surface area contributed by atoms with Crippen molar-refractivity contribution >= 4 is 0 Å². The molecule has 1 atom stereocenters. The van der Waals surface area contributed by atoms with Gasteiger partial charge in [0.05, 0.1) is 0 Å². The second kappa shape index (κ2) is 14.5. The lowest BCUT2D eigenvalue weighted by atomic mass is 9.85. The molecule has 1 saturated carbocycles. The van der Waals surface area contributed by atoms with Crippen LogP contribution >= 0.6 is 0 Å². The lowest BCUT2D eigenvalue weighted by Gasteiger charge is -2.37. The molecule has 1 heterocycles. The number of rotatable bonds is 9. The Labute approximate surface area is 230 Å². The second-order valence-corrected chi connectivity index (χ2v) is 10.6. The number of nitrogens with zero attached hydrogens (tertiary/aromatic N) is 2. The zero-order chi connectivity index (χ0) is 26.7. The first-order chi connectivity index (χ1) is 18.6. The minimum Gasteiger partial charge on any atom is -0.508 e. The van der Waals surface area contributed by atoms with Gasteiger partial charge >= 0.3 is 0 Å². The largest absolute Gasteiger partial charge is 0.508 e. The van der Waals surface area contributed by atoms with Gasteiger partial charge < -0.3 is 10.2 Å². The van der Waals surface area contributed by atoms with E-state index < -0.39 is 0 Å². The Morgan fingerprint density at radius 3 is 2.50 bits per heavy atom. The van der Waals surface area contributed by atoms with E-state index in [4.69, 9.17) is 0 Å². The van der Waals surface area contributed by atoms with Crippen molar-refractivity contribution in [1.82, 2.24) is 9.80 Å². The van der Waals surface area contributed by atoms with E-state index in [-0.39, 0.29) is 12.6 Å². The number of allylic oxidation sites excluding steroid dienone is 15. The summed E-state index contributed by atoms with van der Waals surface area (Å²) < 4.78 is 0. The van der Waals surface area contributed by atoms with E-state index in [0.29, 0.717) is 18.6 Å². The third-order valence-corrected chi connectivity index (χ3v) is 8.20. The summed E-state index contributed by atoms with van der Waals surface area (Å²) in [6.45, 7) is 8.92. The van der Waals surface area contributed by atoms with Crippen LogP contribution in [0.15, 0.2) is 107 Å². The van der Waals surface area contributed by atoms with Crippen molar-refractivity contribution in [2.24, 2.45) is 0 Å². The van der Waals surface area contributed by atoms with Crippen molar-refractivity contribution in [2.75, 3.05) is 32.8 Å². The molecule has 0 radical (unpaired) electrons. The molecule has 2 fully saturated rings. The maximum absolute atomic E-state index is 10.2.